The van der Waals surface area contributed by atoms with Crippen LogP contribution in [0.4, 0.5) is 0 Å². The summed E-state index contributed by atoms with van der Waals surface area (Å²) in [6.45, 7) is 8.45. The zero-order valence-electron chi connectivity index (χ0n) is 18.1. The Labute approximate surface area is 170 Å². The average molecular weight is 389 g/mol. The van der Waals surface area contributed by atoms with Crippen LogP contribution in [0.15, 0.2) is 47.1 Å². The maximum absolute atomic E-state index is 12.5. The third kappa shape index (κ3) is 8.39. The van der Waals surface area contributed by atoms with Crippen molar-refractivity contribution in [2.45, 2.75) is 78.7 Å². The van der Waals surface area contributed by atoms with Gasteiger partial charge in [0.1, 0.15) is 0 Å². The van der Waals surface area contributed by atoms with Gasteiger partial charge in [-0.3, -0.25) is 9.59 Å². The van der Waals surface area contributed by atoms with E-state index in [0.29, 0.717) is 6.42 Å². The SMILES string of the molecule is COC(=O)C[C@@]1(C/C=C(\C)CC/C=C(\C)CCC=C(C)C)C[C@@H](O)C=CC1=O. The molecular formula is C24H36O4. The quantitative estimate of drug-likeness (QED) is 0.411. The highest BCUT2D eigenvalue weighted by Gasteiger charge is 2.42. The first-order chi connectivity index (χ1) is 13.2. The summed E-state index contributed by atoms with van der Waals surface area (Å²) < 4.78 is 4.78. The summed E-state index contributed by atoms with van der Waals surface area (Å²) in [6.07, 6.45) is 13.5. The first kappa shape index (κ1) is 24.1. The van der Waals surface area contributed by atoms with E-state index in [1.807, 2.05) is 6.08 Å². The van der Waals surface area contributed by atoms with E-state index in [9.17, 15) is 14.7 Å². The molecule has 1 N–H and O–H groups in total. The number of carbonyl (C=O) groups excluding carboxylic acids is 2. The number of methoxy groups -OCH3 is 1. The van der Waals surface area contributed by atoms with Gasteiger partial charge < -0.3 is 9.84 Å². The highest BCUT2D eigenvalue weighted by atomic mass is 16.5. The lowest BCUT2D eigenvalue weighted by Gasteiger charge is -2.33. The summed E-state index contributed by atoms with van der Waals surface area (Å²) in [5, 5.41) is 10.00. The Morgan fingerprint density at radius 1 is 1.14 bits per heavy atom. The lowest BCUT2D eigenvalue weighted by molar-refractivity contribution is -0.147. The van der Waals surface area contributed by atoms with Crippen molar-refractivity contribution in [3.8, 4) is 0 Å². The first-order valence-electron chi connectivity index (χ1n) is 10.1. The van der Waals surface area contributed by atoms with Crippen molar-refractivity contribution in [2.24, 2.45) is 5.41 Å². The second-order valence-corrected chi connectivity index (χ2v) is 8.19. The molecule has 1 aliphatic carbocycles. The number of esters is 1. The van der Waals surface area contributed by atoms with E-state index < -0.39 is 17.5 Å². The molecule has 1 rings (SSSR count). The van der Waals surface area contributed by atoms with Crippen LogP contribution in [0.2, 0.25) is 0 Å². The molecule has 0 saturated heterocycles. The van der Waals surface area contributed by atoms with Crippen LogP contribution in [-0.4, -0.2) is 30.1 Å². The predicted octanol–water partition coefficient (Wildman–Crippen LogP) is 5.24. The Bertz CT molecular complexity index is 662. The molecule has 0 fully saturated rings. The molecule has 156 valence electrons. The van der Waals surface area contributed by atoms with Crippen LogP contribution in [-0.2, 0) is 14.3 Å². The minimum atomic E-state index is -0.904. The molecule has 28 heavy (non-hydrogen) atoms. The molecule has 0 radical (unpaired) electrons. The molecular weight excluding hydrogens is 352 g/mol. The monoisotopic (exact) mass is 388 g/mol. The molecule has 0 saturated carbocycles. The van der Waals surface area contributed by atoms with Crippen molar-refractivity contribution in [3.63, 3.8) is 0 Å². The number of hydrogen-bond donors (Lipinski definition) is 1. The summed E-state index contributed by atoms with van der Waals surface area (Å²) in [5.41, 5.74) is 3.03. The number of aliphatic hydroxyl groups is 1. The maximum Gasteiger partial charge on any atom is 0.306 e. The smallest absolute Gasteiger partial charge is 0.306 e. The van der Waals surface area contributed by atoms with Crippen molar-refractivity contribution < 1.29 is 19.4 Å². The summed E-state index contributed by atoms with van der Waals surface area (Å²) in [5.74, 6) is -0.529. The van der Waals surface area contributed by atoms with Crippen molar-refractivity contribution >= 4 is 11.8 Å². The zero-order chi connectivity index (χ0) is 21.2. The lowest BCUT2D eigenvalue weighted by Crippen LogP contribution is -2.38. The van der Waals surface area contributed by atoms with E-state index in [0.717, 1.165) is 25.7 Å². The molecule has 0 heterocycles. The third-order valence-electron chi connectivity index (χ3n) is 5.27. The summed E-state index contributed by atoms with van der Waals surface area (Å²) >= 11 is 0. The van der Waals surface area contributed by atoms with Gasteiger partial charge in [0.15, 0.2) is 5.78 Å². The van der Waals surface area contributed by atoms with E-state index in [4.69, 9.17) is 4.74 Å². The van der Waals surface area contributed by atoms with Gasteiger partial charge in [0.2, 0.25) is 0 Å². The minimum absolute atomic E-state index is 0.00309. The zero-order valence-corrected chi connectivity index (χ0v) is 18.1. The van der Waals surface area contributed by atoms with E-state index in [1.54, 1.807) is 0 Å². The lowest BCUT2D eigenvalue weighted by atomic mass is 9.70. The molecule has 0 aromatic carbocycles. The fourth-order valence-corrected chi connectivity index (χ4v) is 3.42. The van der Waals surface area contributed by atoms with Gasteiger partial charge in [-0.05, 0) is 72.3 Å². The number of allylic oxidation sites excluding steroid dienone is 7. The molecule has 0 amide bonds. The Morgan fingerprint density at radius 3 is 2.36 bits per heavy atom. The van der Waals surface area contributed by atoms with Gasteiger partial charge in [-0.15, -0.1) is 0 Å². The van der Waals surface area contributed by atoms with Crippen LogP contribution < -0.4 is 0 Å². The molecule has 1 aliphatic rings. The topological polar surface area (TPSA) is 63.6 Å². The maximum atomic E-state index is 12.5. The standard InChI is InChI=1S/C24H36O4/c1-18(2)8-6-9-19(3)10-7-11-20(4)14-15-24(17-23(27)28-5)16-21(25)12-13-22(24)26/h8,10,12-14,21,25H,6-7,9,11,15-17H2,1-5H3/b19-10+,20-14+/t21-,24+/m0/s1. The molecule has 0 aromatic rings. The normalized spacial score (nSPS) is 22.9. The molecule has 0 unspecified atom stereocenters. The molecule has 2 atom stereocenters. The van der Waals surface area contributed by atoms with Gasteiger partial charge in [-0.1, -0.05) is 41.0 Å². The van der Waals surface area contributed by atoms with E-state index in [-0.39, 0.29) is 18.6 Å². The van der Waals surface area contributed by atoms with Gasteiger partial charge in [0.25, 0.3) is 0 Å². The van der Waals surface area contributed by atoms with Crippen LogP contribution >= 0.6 is 0 Å². The van der Waals surface area contributed by atoms with E-state index in [2.05, 4.69) is 39.8 Å². The number of hydrogen-bond acceptors (Lipinski definition) is 4. The molecule has 4 nitrogen and oxygen atoms in total. The van der Waals surface area contributed by atoms with Gasteiger partial charge >= 0.3 is 5.97 Å². The third-order valence-corrected chi connectivity index (χ3v) is 5.27. The van der Waals surface area contributed by atoms with Crippen LogP contribution in [0.1, 0.15) is 72.6 Å². The van der Waals surface area contributed by atoms with Crippen molar-refractivity contribution in [1.29, 1.82) is 0 Å². The highest BCUT2D eigenvalue weighted by molar-refractivity contribution is 5.98. The van der Waals surface area contributed by atoms with Gasteiger partial charge in [0, 0.05) is 5.41 Å². The highest BCUT2D eigenvalue weighted by Crippen LogP contribution is 2.38. The molecule has 0 aromatic heterocycles. The summed E-state index contributed by atoms with van der Waals surface area (Å²) in [7, 11) is 1.32. The number of aliphatic hydroxyl groups excluding tert-OH is 1. The van der Waals surface area contributed by atoms with Gasteiger partial charge in [-0.2, -0.15) is 0 Å². The number of ketones is 1. The van der Waals surface area contributed by atoms with Crippen LogP contribution in [0, 0.1) is 5.41 Å². The van der Waals surface area contributed by atoms with E-state index >= 15 is 0 Å². The number of carbonyl (C=O) groups is 2. The Hall–Kier alpha value is -1.94. The van der Waals surface area contributed by atoms with Crippen LogP contribution in [0.25, 0.3) is 0 Å². The van der Waals surface area contributed by atoms with Crippen molar-refractivity contribution in [1.82, 2.24) is 0 Å². The van der Waals surface area contributed by atoms with Crippen molar-refractivity contribution in [3.05, 3.63) is 47.1 Å². The molecule has 0 aliphatic heterocycles. The molecule has 0 bridgehead atoms. The first-order valence-corrected chi connectivity index (χ1v) is 10.1. The average Bonchev–Trinajstić information content (AvgIpc) is 2.63. The fourth-order valence-electron chi connectivity index (χ4n) is 3.42. The largest absolute Gasteiger partial charge is 0.469 e. The van der Waals surface area contributed by atoms with Crippen LogP contribution in [0.5, 0.6) is 0 Å². The number of rotatable bonds is 10. The Morgan fingerprint density at radius 2 is 1.75 bits per heavy atom. The Kier molecular flexibility index (Phi) is 10.2. The van der Waals surface area contributed by atoms with Crippen molar-refractivity contribution in [2.75, 3.05) is 7.11 Å². The van der Waals surface area contributed by atoms with Crippen LogP contribution in [0.3, 0.4) is 0 Å². The summed E-state index contributed by atoms with van der Waals surface area (Å²) in [6, 6.07) is 0. The van der Waals surface area contributed by atoms with Gasteiger partial charge in [-0.25, -0.2) is 0 Å². The predicted molar refractivity (Wildman–Crippen MR) is 114 cm³/mol. The summed E-state index contributed by atoms with van der Waals surface area (Å²) in [4.78, 5) is 24.4. The molecule has 4 heteroatoms. The fraction of sp³-hybridized carbons (Fsp3) is 0.583. The molecule has 0 spiro atoms. The number of ether oxygens (including phenoxy) is 1. The van der Waals surface area contributed by atoms with E-state index in [1.165, 1.54) is 36.0 Å². The van der Waals surface area contributed by atoms with Gasteiger partial charge in [0.05, 0.1) is 19.6 Å². The minimum Gasteiger partial charge on any atom is -0.469 e. The second kappa shape index (κ2) is 11.8. The Balaban J connectivity index is 2.68. The second-order valence-electron chi connectivity index (χ2n) is 8.19.